The summed E-state index contributed by atoms with van der Waals surface area (Å²) < 4.78 is 6.60. The topological polar surface area (TPSA) is 61.5 Å². The van der Waals surface area contributed by atoms with Gasteiger partial charge in [0.2, 0.25) is 0 Å². The van der Waals surface area contributed by atoms with Crippen LogP contribution in [0.1, 0.15) is 11.1 Å². The average molecular weight is 405 g/mol. The van der Waals surface area contributed by atoms with Crippen LogP contribution >= 0.6 is 27.7 Å². The number of pyridine rings is 1. The summed E-state index contributed by atoms with van der Waals surface area (Å²) in [4.78, 5) is 11.4. The number of nitriles is 1. The zero-order valence-corrected chi connectivity index (χ0v) is 16.1. The highest BCUT2D eigenvalue weighted by Gasteiger charge is 2.09. The lowest BCUT2D eigenvalue weighted by atomic mass is 10.2. The minimum absolute atomic E-state index is 0.392. The number of aliphatic imine (C=N–C) groups is 1. The first-order valence-electron chi connectivity index (χ1n) is 7.08. The highest BCUT2D eigenvalue weighted by molar-refractivity contribution is 9.10. The van der Waals surface area contributed by atoms with Gasteiger partial charge in [-0.25, -0.2) is 4.99 Å². The molecule has 2 aromatic rings. The first kappa shape index (κ1) is 18.3. The maximum atomic E-state index is 9.25. The van der Waals surface area contributed by atoms with E-state index in [0.29, 0.717) is 23.6 Å². The van der Waals surface area contributed by atoms with Gasteiger partial charge in [-0.1, -0.05) is 0 Å². The Bertz CT molecular complexity index is 787. The number of hydrogen-bond donors (Lipinski definition) is 0. The normalized spacial score (nSPS) is 10.6. The molecule has 5 nitrogen and oxygen atoms in total. The van der Waals surface area contributed by atoms with Gasteiger partial charge < -0.3 is 9.64 Å². The van der Waals surface area contributed by atoms with Gasteiger partial charge in [0.15, 0.2) is 0 Å². The molecule has 0 aliphatic carbocycles. The van der Waals surface area contributed by atoms with Crippen molar-refractivity contribution < 1.29 is 4.74 Å². The van der Waals surface area contributed by atoms with Gasteiger partial charge in [-0.05, 0) is 34.3 Å². The van der Waals surface area contributed by atoms with Crippen molar-refractivity contribution in [2.75, 3.05) is 20.4 Å². The van der Waals surface area contributed by atoms with E-state index in [4.69, 9.17) is 4.74 Å². The van der Waals surface area contributed by atoms with Crippen LogP contribution in [0.3, 0.4) is 0 Å². The predicted molar refractivity (Wildman–Crippen MR) is 101 cm³/mol. The SMILES string of the molecule is CSc1cncc(COc2cc(N=CN(C)C)c(C#N)cc2Br)c1. The number of ether oxygens (including phenoxy) is 1. The molecule has 0 bridgehead atoms. The van der Waals surface area contributed by atoms with E-state index in [2.05, 4.69) is 32.0 Å². The van der Waals surface area contributed by atoms with E-state index in [1.807, 2.05) is 37.5 Å². The fraction of sp³-hybridized carbons (Fsp3) is 0.235. The van der Waals surface area contributed by atoms with Crippen molar-refractivity contribution >= 4 is 39.7 Å². The molecule has 7 heteroatoms. The molecule has 0 saturated heterocycles. The van der Waals surface area contributed by atoms with Crippen LogP contribution in [0.25, 0.3) is 0 Å². The molecular formula is C17H17BrN4OS. The number of hydrogen-bond acceptors (Lipinski definition) is 5. The molecule has 0 spiro atoms. The van der Waals surface area contributed by atoms with Crippen molar-refractivity contribution in [2.45, 2.75) is 11.5 Å². The summed E-state index contributed by atoms with van der Waals surface area (Å²) in [5.41, 5.74) is 2.04. The zero-order valence-electron chi connectivity index (χ0n) is 13.7. The Labute approximate surface area is 154 Å². The minimum Gasteiger partial charge on any atom is -0.488 e. The fourth-order valence-corrected chi connectivity index (χ4v) is 2.74. The maximum Gasteiger partial charge on any atom is 0.136 e. The van der Waals surface area contributed by atoms with Crippen LogP contribution in [0.2, 0.25) is 0 Å². The van der Waals surface area contributed by atoms with E-state index in [-0.39, 0.29) is 0 Å². The van der Waals surface area contributed by atoms with E-state index in [0.717, 1.165) is 14.9 Å². The van der Waals surface area contributed by atoms with Crippen LogP contribution < -0.4 is 4.74 Å². The third-order valence-electron chi connectivity index (χ3n) is 3.00. The molecular weight excluding hydrogens is 388 g/mol. The van der Waals surface area contributed by atoms with Crippen LogP contribution in [-0.2, 0) is 6.61 Å². The minimum atomic E-state index is 0.392. The lowest BCUT2D eigenvalue weighted by molar-refractivity contribution is 0.303. The van der Waals surface area contributed by atoms with Crippen LogP contribution in [0.15, 0.2) is 45.0 Å². The molecule has 0 fully saturated rings. The van der Waals surface area contributed by atoms with E-state index in [1.165, 1.54) is 0 Å². The van der Waals surface area contributed by atoms with Crippen LogP contribution in [-0.4, -0.2) is 36.6 Å². The lowest BCUT2D eigenvalue weighted by Gasteiger charge is -2.11. The Morgan fingerprint density at radius 3 is 2.83 bits per heavy atom. The van der Waals surface area contributed by atoms with E-state index < -0.39 is 0 Å². The van der Waals surface area contributed by atoms with Crippen LogP contribution in [0, 0.1) is 11.3 Å². The summed E-state index contributed by atoms with van der Waals surface area (Å²) in [6.07, 6.45) is 7.26. The van der Waals surface area contributed by atoms with Gasteiger partial charge in [0.05, 0.1) is 22.1 Å². The zero-order chi connectivity index (χ0) is 17.5. The molecule has 0 radical (unpaired) electrons. The number of benzene rings is 1. The number of thioether (sulfide) groups is 1. The quantitative estimate of drug-likeness (QED) is 0.409. The first-order chi connectivity index (χ1) is 11.5. The Balaban J connectivity index is 2.23. The Hall–Kier alpha value is -2.04. The van der Waals surface area contributed by atoms with E-state index >= 15 is 0 Å². The van der Waals surface area contributed by atoms with Gasteiger partial charge >= 0.3 is 0 Å². The molecule has 124 valence electrons. The molecule has 0 N–H and O–H groups in total. The molecule has 1 heterocycles. The molecule has 0 atom stereocenters. The Kier molecular flexibility index (Phi) is 6.64. The van der Waals surface area contributed by atoms with Gasteiger partial charge in [-0.2, -0.15) is 5.26 Å². The molecule has 0 saturated carbocycles. The fourth-order valence-electron chi connectivity index (χ4n) is 1.84. The van der Waals surface area contributed by atoms with Crippen molar-refractivity contribution in [3.8, 4) is 11.8 Å². The summed E-state index contributed by atoms with van der Waals surface area (Å²) >= 11 is 5.08. The van der Waals surface area contributed by atoms with Crippen LogP contribution in [0.5, 0.6) is 5.75 Å². The second kappa shape index (κ2) is 8.71. The number of rotatable bonds is 6. The van der Waals surface area contributed by atoms with Gasteiger partial charge in [-0.3, -0.25) is 4.98 Å². The Morgan fingerprint density at radius 2 is 2.17 bits per heavy atom. The van der Waals surface area contributed by atoms with Crippen molar-refractivity contribution in [3.05, 3.63) is 46.2 Å². The van der Waals surface area contributed by atoms with E-state index in [9.17, 15) is 5.26 Å². The molecule has 24 heavy (non-hydrogen) atoms. The third-order valence-corrected chi connectivity index (χ3v) is 4.31. The van der Waals surface area contributed by atoms with Gasteiger partial charge in [-0.15, -0.1) is 11.8 Å². The summed E-state index contributed by atoms with van der Waals surface area (Å²) in [6.45, 7) is 0.392. The summed E-state index contributed by atoms with van der Waals surface area (Å²) in [5, 5.41) is 9.25. The van der Waals surface area contributed by atoms with Gasteiger partial charge in [0.25, 0.3) is 0 Å². The lowest BCUT2D eigenvalue weighted by Crippen LogP contribution is -2.07. The molecule has 1 aromatic carbocycles. The molecule has 1 aromatic heterocycles. The summed E-state index contributed by atoms with van der Waals surface area (Å²) in [5.74, 6) is 0.634. The molecule has 0 aliphatic rings. The highest BCUT2D eigenvalue weighted by atomic mass is 79.9. The maximum absolute atomic E-state index is 9.25. The van der Waals surface area contributed by atoms with Gasteiger partial charge in [0.1, 0.15) is 18.4 Å². The standard InChI is InChI=1S/C17H17BrN4OS/c1-22(2)11-21-16-6-17(15(18)5-13(16)7-19)23-10-12-4-14(24-3)9-20-8-12/h4-6,8-9,11H,10H2,1-3H3. The van der Waals surface area contributed by atoms with Crippen LogP contribution in [0.4, 0.5) is 5.69 Å². The second-order valence-corrected chi connectivity index (χ2v) is 6.88. The van der Waals surface area contributed by atoms with Gasteiger partial charge in [0, 0.05) is 43.0 Å². The smallest absolute Gasteiger partial charge is 0.136 e. The molecule has 0 amide bonds. The monoisotopic (exact) mass is 404 g/mol. The highest BCUT2D eigenvalue weighted by Crippen LogP contribution is 2.33. The molecule has 0 aliphatic heterocycles. The average Bonchev–Trinajstić information content (AvgIpc) is 2.59. The summed E-state index contributed by atoms with van der Waals surface area (Å²) in [7, 11) is 3.75. The van der Waals surface area contributed by atoms with Crippen molar-refractivity contribution in [1.82, 2.24) is 9.88 Å². The largest absolute Gasteiger partial charge is 0.488 e. The number of aromatic nitrogens is 1. The second-order valence-electron chi connectivity index (χ2n) is 5.14. The Morgan fingerprint density at radius 1 is 1.38 bits per heavy atom. The first-order valence-corrected chi connectivity index (χ1v) is 9.10. The summed E-state index contributed by atoms with van der Waals surface area (Å²) in [6, 6.07) is 7.66. The van der Waals surface area contributed by atoms with Crippen molar-refractivity contribution in [1.29, 1.82) is 5.26 Å². The third kappa shape index (κ3) is 4.98. The molecule has 0 unspecified atom stereocenters. The number of halogens is 1. The van der Waals surface area contributed by atoms with E-state index in [1.54, 1.807) is 36.4 Å². The van der Waals surface area contributed by atoms with Crippen molar-refractivity contribution in [3.63, 3.8) is 0 Å². The molecule has 2 rings (SSSR count). The van der Waals surface area contributed by atoms with Crippen molar-refractivity contribution in [2.24, 2.45) is 4.99 Å². The number of nitrogens with zero attached hydrogens (tertiary/aromatic N) is 4. The predicted octanol–water partition coefficient (Wildman–Crippen LogP) is 4.24.